The van der Waals surface area contributed by atoms with Crippen LogP contribution in [-0.2, 0) is 9.59 Å². The van der Waals surface area contributed by atoms with Crippen molar-refractivity contribution in [3.63, 3.8) is 0 Å². The molecule has 0 saturated carbocycles. The summed E-state index contributed by atoms with van der Waals surface area (Å²) in [6, 6.07) is 5.23. The van der Waals surface area contributed by atoms with Gasteiger partial charge in [-0.3, -0.25) is 9.59 Å². The normalized spacial score (nSPS) is 10.9. The van der Waals surface area contributed by atoms with Gasteiger partial charge in [-0.1, -0.05) is 13.8 Å². The van der Waals surface area contributed by atoms with Gasteiger partial charge in [-0.25, -0.2) is 4.98 Å². The number of ketones is 1. The fourth-order valence-electron chi connectivity index (χ4n) is 1.70. The van der Waals surface area contributed by atoms with Crippen LogP contribution in [-0.4, -0.2) is 16.7 Å². The number of fused-ring (bicyclic) bond motifs is 1. The first-order valence-electron chi connectivity index (χ1n) is 6.15. The zero-order chi connectivity index (χ0) is 14.0. The standard InChI is InChI=1S/C14H16N2O3/c1-8(2)14-16-11-7-10(4-5-12(11)19-14)15-13(18)6-9(3)17/h4-5,7-8H,6H2,1-3H3,(H,15,18). The highest BCUT2D eigenvalue weighted by Crippen LogP contribution is 2.23. The molecule has 0 atom stereocenters. The minimum absolute atomic E-state index is 0.117. The van der Waals surface area contributed by atoms with Crippen LogP contribution in [0.4, 0.5) is 5.69 Å². The van der Waals surface area contributed by atoms with E-state index in [0.717, 1.165) is 0 Å². The van der Waals surface area contributed by atoms with Crippen LogP contribution < -0.4 is 5.32 Å². The lowest BCUT2D eigenvalue weighted by Crippen LogP contribution is -2.14. The van der Waals surface area contributed by atoms with Crippen molar-refractivity contribution in [3.8, 4) is 0 Å². The molecule has 5 nitrogen and oxygen atoms in total. The van der Waals surface area contributed by atoms with E-state index in [1.807, 2.05) is 13.8 Å². The maximum atomic E-state index is 11.5. The van der Waals surface area contributed by atoms with Gasteiger partial charge in [0.2, 0.25) is 5.91 Å². The molecule has 0 aliphatic carbocycles. The van der Waals surface area contributed by atoms with Crippen molar-refractivity contribution in [2.24, 2.45) is 0 Å². The van der Waals surface area contributed by atoms with Gasteiger partial charge in [0, 0.05) is 11.6 Å². The highest BCUT2D eigenvalue weighted by Gasteiger charge is 2.11. The Balaban J connectivity index is 2.21. The lowest BCUT2D eigenvalue weighted by molar-refractivity contribution is -0.124. The smallest absolute Gasteiger partial charge is 0.231 e. The number of oxazole rings is 1. The third kappa shape index (κ3) is 3.19. The van der Waals surface area contributed by atoms with Crippen molar-refractivity contribution in [2.45, 2.75) is 33.1 Å². The fraction of sp³-hybridized carbons (Fsp3) is 0.357. The van der Waals surface area contributed by atoms with Gasteiger partial charge in [0.1, 0.15) is 11.3 Å². The fourth-order valence-corrected chi connectivity index (χ4v) is 1.70. The van der Waals surface area contributed by atoms with Crippen molar-refractivity contribution in [1.29, 1.82) is 0 Å². The van der Waals surface area contributed by atoms with Gasteiger partial charge in [0.05, 0.1) is 6.42 Å². The molecule has 0 spiro atoms. The predicted molar refractivity (Wildman–Crippen MR) is 72.0 cm³/mol. The first kappa shape index (κ1) is 13.3. The Kier molecular flexibility index (Phi) is 3.64. The molecule has 0 fully saturated rings. The number of aromatic nitrogens is 1. The van der Waals surface area contributed by atoms with Crippen molar-refractivity contribution in [1.82, 2.24) is 4.98 Å². The second kappa shape index (κ2) is 5.22. The van der Waals surface area contributed by atoms with Crippen LogP contribution in [0.15, 0.2) is 22.6 Å². The zero-order valence-electron chi connectivity index (χ0n) is 11.2. The molecule has 2 rings (SSSR count). The number of nitrogens with zero attached hydrogens (tertiary/aromatic N) is 1. The summed E-state index contributed by atoms with van der Waals surface area (Å²) >= 11 is 0. The van der Waals surface area contributed by atoms with Crippen LogP contribution in [0.25, 0.3) is 11.1 Å². The number of nitrogens with one attached hydrogen (secondary N) is 1. The summed E-state index contributed by atoms with van der Waals surface area (Å²) < 4.78 is 5.58. The summed E-state index contributed by atoms with van der Waals surface area (Å²) in [5.74, 6) is 0.395. The zero-order valence-corrected chi connectivity index (χ0v) is 11.2. The van der Waals surface area contributed by atoms with E-state index in [4.69, 9.17) is 4.42 Å². The van der Waals surface area contributed by atoms with Crippen LogP contribution in [0.1, 0.15) is 39.0 Å². The molecule has 19 heavy (non-hydrogen) atoms. The van der Waals surface area contributed by atoms with Gasteiger partial charge in [0.15, 0.2) is 11.5 Å². The van der Waals surface area contributed by atoms with Gasteiger partial charge in [-0.05, 0) is 25.1 Å². The first-order valence-corrected chi connectivity index (χ1v) is 6.15. The molecule has 1 heterocycles. The van der Waals surface area contributed by atoms with Crippen molar-refractivity contribution >= 4 is 28.5 Å². The molecule has 0 unspecified atom stereocenters. The largest absolute Gasteiger partial charge is 0.440 e. The van der Waals surface area contributed by atoms with Crippen LogP contribution in [0.5, 0.6) is 0 Å². The number of anilines is 1. The van der Waals surface area contributed by atoms with E-state index < -0.39 is 0 Å². The molecular weight excluding hydrogens is 244 g/mol. The molecule has 100 valence electrons. The number of carbonyl (C=O) groups is 2. The molecule has 1 aromatic carbocycles. The Bertz CT molecular complexity index is 629. The summed E-state index contributed by atoms with van der Waals surface area (Å²) in [5.41, 5.74) is 2.00. The second-order valence-corrected chi connectivity index (χ2v) is 4.82. The number of carbonyl (C=O) groups excluding carboxylic acids is 2. The van der Waals surface area contributed by atoms with E-state index in [0.29, 0.717) is 22.7 Å². The van der Waals surface area contributed by atoms with Crippen LogP contribution >= 0.6 is 0 Å². The van der Waals surface area contributed by atoms with E-state index in [9.17, 15) is 9.59 Å². The number of hydrogen-bond acceptors (Lipinski definition) is 4. The van der Waals surface area contributed by atoms with Gasteiger partial charge >= 0.3 is 0 Å². The number of rotatable bonds is 4. The van der Waals surface area contributed by atoms with Gasteiger partial charge in [-0.2, -0.15) is 0 Å². The van der Waals surface area contributed by atoms with Gasteiger partial charge < -0.3 is 9.73 Å². The molecule has 1 aromatic heterocycles. The number of amides is 1. The van der Waals surface area contributed by atoms with Crippen LogP contribution in [0.2, 0.25) is 0 Å². The monoisotopic (exact) mass is 260 g/mol. The molecule has 1 N–H and O–H groups in total. The molecule has 2 aromatic rings. The van der Waals surface area contributed by atoms with Gasteiger partial charge in [0.25, 0.3) is 0 Å². The van der Waals surface area contributed by atoms with Crippen LogP contribution in [0, 0.1) is 0 Å². The Morgan fingerprint density at radius 3 is 2.74 bits per heavy atom. The summed E-state index contributed by atoms with van der Waals surface area (Å²) in [5, 5.41) is 2.66. The highest BCUT2D eigenvalue weighted by molar-refractivity contribution is 6.04. The third-order valence-corrected chi connectivity index (χ3v) is 2.59. The van der Waals surface area contributed by atoms with E-state index in [2.05, 4.69) is 10.3 Å². The number of hydrogen-bond donors (Lipinski definition) is 1. The summed E-state index contributed by atoms with van der Waals surface area (Å²) in [7, 11) is 0. The van der Waals surface area contributed by atoms with Crippen molar-refractivity contribution in [2.75, 3.05) is 5.32 Å². The Labute approximate surface area is 111 Å². The summed E-state index contributed by atoms with van der Waals surface area (Å²) in [6.07, 6.45) is -0.117. The Hall–Kier alpha value is -2.17. The third-order valence-electron chi connectivity index (χ3n) is 2.59. The molecule has 1 amide bonds. The lowest BCUT2D eigenvalue weighted by atomic mass is 10.2. The maximum absolute atomic E-state index is 11.5. The maximum Gasteiger partial charge on any atom is 0.231 e. The topological polar surface area (TPSA) is 72.2 Å². The second-order valence-electron chi connectivity index (χ2n) is 4.82. The van der Waals surface area contributed by atoms with E-state index in [-0.39, 0.29) is 24.0 Å². The van der Waals surface area contributed by atoms with Crippen LogP contribution in [0.3, 0.4) is 0 Å². The Morgan fingerprint density at radius 1 is 1.37 bits per heavy atom. The molecule has 0 aliphatic rings. The molecule has 0 bridgehead atoms. The van der Waals surface area contributed by atoms with Crippen molar-refractivity contribution in [3.05, 3.63) is 24.1 Å². The summed E-state index contributed by atoms with van der Waals surface area (Å²) in [4.78, 5) is 26.7. The predicted octanol–water partition coefficient (Wildman–Crippen LogP) is 2.87. The lowest BCUT2D eigenvalue weighted by Gasteiger charge is -2.02. The molecular formula is C14H16N2O3. The SMILES string of the molecule is CC(=O)CC(=O)Nc1ccc2oc(C(C)C)nc2c1. The molecule has 0 aliphatic heterocycles. The average Bonchev–Trinajstić information content (AvgIpc) is 2.70. The van der Waals surface area contributed by atoms with Gasteiger partial charge in [-0.15, -0.1) is 0 Å². The van der Waals surface area contributed by atoms with Crippen molar-refractivity contribution < 1.29 is 14.0 Å². The first-order chi connectivity index (χ1) is 8.95. The van der Waals surface area contributed by atoms with E-state index in [1.165, 1.54) is 6.92 Å². The minimum atomic E-state index is -0.320. The Morgan fingerprint density at radius 2 is 2.11 bits per heavy atom. The quantitative estimate of drug-likeness (QED) is 0.858. The summed E-state index contributed by atoms with van der Waals surface area (Å²) in [6.45, 7) is 5.38. The van der Waals surface area contributed by atoms with E-state index in [1.54, 1.807) is 18.2 Å². The minimum Gasteiger partial charge on any atom is -0.440 e. The molecule has 0 saturated heterocycles. The number of Topliss-reactive ketones (excluding diaryl/α,β-unsaturated/α-hetero) is 1. The highest BCUT2D eigenvalue weighted by atomic mass is 16.3. The number of benzene rings is 1. The molecule has 0 radical (unpaired) electrons. The molecule has 5 heteroatoms. The average molecular weight is 260 g/mol. The van der Waals surface area contributed by atoms with E-state index >= 15 is 0 Å².